The van der Waals surface area contributed by atoms with E-state index in [1.54, 1.807) is 12.1 Å². The summed E-state index contributed by atoms with van der Waals surface area (Å²) >= 11 is 5.99. The smallest absolute Gasteiger partial charge is 0.257 e. The average Bonchev–Trinajstić information content (AvgIpc) is 2.93. The topological polar surface area (TPSA) is 74.2 Å². The van der Waals surface area contributed by atoms with Gasteiger partial charge in [-0.1, -0.05) is 16.8 Å². The molecule has 0 atom stereocenters. The largest absolute Gasteiger partial charge is 0.398 e. The molecule has 1 fully saturated rings. The molecule has 2 heterocycles. The maximum absolute atomic E-state index is 5.99. The Hall–Kier alpha value is -1.59. The molecular formula is C13H14ClN3O2. The molecule has 2 N–H and O–H groups in total. The normalized spacial score (nSPS) is 16.7. The Bertz CT molecular complexity index is 579. The van der Waals surface area contributed by atoms with Gasteiger partial charge in [-0.2, -0.15) is 4.98 Å². The molecule has 0 unspecified atom stereocenters. The molecule has 3 rings (SSSR count). The molecule has 100 valence electrons. The second-order valence-electron chi connectivity index (χ2n) is 4.58. The molecule has 0 bridgehead atoms. The number of aromatic nitrogens is 2. The highest BCUT2D eigenvalue weighted by molar-refractivity contribution is 6.33. The highest BCUT2D eigenvalue weighted by atomic mass is 35.5. The van der Waals surface area contributed by atoms with Crippen molar-refractivity contribution in [3.63, 3.8) is 0 Å². The van der Waals surface area contributed by atoms with E-state index in [0.717, 1.165) is 37.4 Å². The van der Waals surface area contributed by atoms with Crippen molar-refractivity contribution in [3.8, 4) is 11.5 Å². The molecule has 2 aromatic rings. The van der Waals surface area contributed by atoms with Crippen LogP contribution in [0, 0.1) is 0 Å². The summed E-state index contributed by atoms with van der Waals surface area (Å²) in [7, 11) is 0. The van der Waals surface area contributed by atoms with Crippen molar-refractivity contribution in [2.24, 2.45) is 0 Å². The van der Waals surface area contributed by atoms with E-state index in [1.807, 2.05) is 6.07 Å². The van der Waals surface area contributed by atoms with Crippen LogP contribution in [0.1, 0.15) is 24.6 Å². The van der Waals surface area contributed by atoms with Crippen molar-refractivity contribution in [1.29, 1.82) is 0 Å². The summed E-state index contributed by atoms with van der Waals surface area (Å²) in [6, 6.07) is 5.29. The van der Waals surface area contributed by atoms with E-state index in [2.05, 4.69) is 10.1 Å². The molecule has 1 saturated heterocycles. The van der Waals surface area contributed by atoms with Crippen LogP contribution in [0.15, 0.2) is 22.7 Å². The first-order valence-electron chi connectivity index (χ1n) is 6.21. The summed E-state index contributed by atoms with van der Waals surface area (Å²) < 4.78 is 10.6. The molecule has 1 aromatic carbocycles. The number of nitrogens with two attached hydrogens (primary N) is 1. The Balaban J connectivity index is 1.85. The van der Waals surface area contributed by atoms with Gasteiger partial charge in [-0.25, -0.2) is 0 Å². The van der Waals surface area contributed by atoms with E-state index in [4.69, 9.17) is 26.6 Å². The highest BCUT2D eigenvalue weighted by Gasteiger charge is 2.21. The number of hydrogen-bond acceptors (Lipinski definition) is 5. The second-order valence-corrected chi connectivity index (χ2v) is 4.99. The summed E-state index contributed by atoms with van der Waals surface area (Å²) in [6.45, 7) is 1.50. The Morgan fingerprint density at radius 1 is 1.26 bits per heavy atom. The van der Waals surface area contributed by atoms with Crippen molar-refractivity contribution >= 4 is 17.3 Å². The molecule has 5 nitrogen and oxygen atoms in total. The molecule has 1 aromatic heterocycles. The van der Waals surface area contributed by atoms with Crippen molar-refractivity contribution in [2.45, 2.75) is 18.8 Å². The molecule has 0 radical (unpaired) electrons. The average molecular weight is 280 g/mol. The van der Waals surface area contributed by atoms with Gasteiger partial charge in [-0.05, 0) is 31.0 Å². The molecule has 1 aliphatic heterocycles. The van der Waals surface area contributed by atoms with Gasteiger partial charge < -0.3 is 15.0 Å². The van der Waals surface area contributed by atoms with Crippen LogP contribution in [0.2, 0.25) is 5.02 Å². The lowest BCUT2D eigenvalue weighted by Crippen LogP contribution is -2.15. The summed E-state index contributed by atoms with van der Waals surface area (Å²) in [5.74, 6) is 1.53. The Labute approximate surface area is 115 Å². The quantitative estimate of drug-likeness (QED) is 0.856. The molecule has 1 aliphatic rings. The van der Waals surface area contributed by atoms with E-state index in [9.17, 15) is 0 Å². The lowest BCUT2D eigenvalue weighted by atomic mass is 10.00. The van der Waals surface area contributed by atoms with Crippen molar-refractivity contribution in [3.05, 3.63) is 29.0 Å². The predicted molar refractivity (Wildman–Crippen MR) is 72.0 cm³/mol. The third-order valence-corrected chi connectivity index (χ3v) is 3.60. The third-order valence-electron chi connectivity index (χ3n) is 3.28. The number of ether oxygens (including phenoxy) is 1. The minimum Gasteiger partial charge on any atom is -0.398 e. The van der Waals surface area contributed by atoms with Crippen LogP contribution in [0.3, 0.4) is 0 Å². The van der Waals surface area contributed by atoms with Gasteiger partial charge in [0.1, 0.15) is 0 Å². The van der Waals surface area contributed by atoms with E-state index in [-0.39, 0.29) is 0 Å². The molecular weight excluding hydrogens is 266 g/mol. The van der Waals surface area contributed by atoms with Crippen LogP contribution >= 0.6 is 11.6 Å². The summed E-state index contributed by atoms with van der Waals surface area (Å²) in [6.07, 6.45) is 1.86. The standard InChI is InChI=1S/C13H14ClN3O2/c14-10-7-9(1-2-11(10)15)13-16-12(17-19-13)8-3-5-18-6-4-8/h1-2,7-8H,3-6,15H2. The first-order valence-corrected chi connectivity index (χ1v) is 6.58. The third kappa shape index (κ3) is 2.57. The molecule has 0 saturated carbocycles. The maximum atomic E-state index is 5.99. The lowest BCUT2D eigenvalue weighted by Gasteiger charge is -2.18. The summed E-state index contributed by atoms with van der Waals surface area (Å²) in [5.41, 5.74) is 7.00. The van der Waals surface area contributed by atoms with Crippen LogP contribution in [0.4, 0.5) is 5.69 Å². The fourth-order valence-corrected chi connectivity index (χ4v) is 2.31. The van der Waals surface area contributed by atoms with Crippen LogP contribution in [0.25, 0.3) is 11.5 Å². The van der Waals surface area contributed by atoms with Gasteiger partial charge >= 0.3 is 0 Å². The van der Waals surface area contributed by atoms with Crippen molar-refractivity contribution < 1.29 is 9.26 Å². The van der Waals surface area contributed by atoms with E-state index in [1.165, 1.54) is 0 Å². The van der Waals surface area contributed by atoms with Crippen molar-refractivity contribution in [1.82, 2.24) is 10.1 Å². The van der Waals surface area contributed by atoms with Crippen LogP contribution in [0.5, 0.6) is 0 Å². The van der Waals surface area contributed by atoms with Gasteiger partial charge in [0.15, 0.2) is 5.82 Å². The molecule has 0 spiro atoms. The van der Waals surface area contributed by atoms with Gasteiger partial charge in [-0.3, -0.25) is 0 Å². The Morgan fingerprint density at radius 3 is 2.79 bits per heavy atom. The van der Waals surface area contributed by atoms with E-state index < -0.39 is 0 Å². The SMILES string of the molecule is Nc1ccc(-c2nc(C3CCOCC3)no2)cc1Cl. The summed E-state index contributed by atoms with van der Waals surface area (Å²) in [4.78, 5) is 4.44. The Morgan fingerprint density at radius 2 is 2.05 bits per heavy atom. The Kier molecular flexibility index (Phi) is 3.40. The number of anilines is 1. The van der Waals surface area contributed by atoms with Gasteiger partial charge in [0.05, 0.1) is 10.7 Å². The van der Waals surface area contributed by atoms with E-state index >= 15 is 0 Å². The number of nitrogens with zero attached hydrogens (tertiary/aromatic N) is 2. The van der Waals surface area contributed by atoms with Crippen LogP contribution < -0.4 is 5.73 Å². The fourth-order valence-electron chi connectivity index (χ4n) is 2.13. The predicted octanol–water partition coefficient (Wildman–Crippen LogP) is 2.87. The lowest BCUT2D eigenvalue weighted by molar-refractivity contribution is 0.0830. The zero-order valence-electron chi connectivity index (χ0n) is 10.3. The van der Waals surface area contributed by atoms with Gasteiger partial charge in [0, 0.05) is 24.7 Å². The van der Waals surface area contributed by atoms with E-state index in [0.29, 0.717) is 22.5 Å². The molecule has 6 heteroatoms. The molecule has 0 aliphatic carbocycles. The minimum absolute atomic E-state index is 0.315. The number of rotatable bonds is 2. The fraction of sp³-hybridized carbons (Fsp3) is 0.385. The minimum atomic E-state index is 0.315. The van der Waals surface area contributed by atoms with Crippen LogP contribution in [-0.2, 0) is 4.74 Å². The number of nitrogen functional groups attached to an aromatic ring is 1. The zero-order valence-corrected chi connectivity index (χ0v) is 11.1. The highest BCUT2D eigenvalue weighted by Crippen LogP contribution is 2.29. The van der Waals surface area contributed by atoms with Gasteiger partial charge in [0.25, 0.3) is 5.89 Å². The maximum Gasteiger partial charge on any atom is 0.257 e. The molecule has 19 heavy (non-hydrogen) atoms. The second kappa shape index (κ2) is 5.19. The van der Waals surface area contributed by atoms with Crippen LogP contribution in [-0.4, -0.2) is 23.4 Å². The first kappa shape index (κ1) is 12.4. The number of hydrogen-bond donors (Lipinski definition) is 1. The van der Waals surface area contributed by atoms with Gasteiger partial charge in [0.2, 0.25) is 0 Å². The first-order chi connectivity index (χ1) is 9.24. The zero-order chi connectivity index (χ0) is 13.2. The van der Waals surface area contributed by atoms with Gasteiger partial charge in [-0.15, -0.1) is 0 Å². The monoisotopic (exact) mass is 279 g/mol. The summed E-state index contributed by atoms with van der Waals surface area (Å²) in [5, 5.41) is 4.54. The molecule has 0 amide bonds. The van der Waals surface area contributed by atoms with Crippen molar-refractivity contribution in [2.75, 3.05) is 18.9 Å². The number of halogens is 1. The number of benzene rings is 1.